The topological polar surface area (TPSA) is 98.5 Å². The zero-order valence-corrected chi connectivity index (χ0v) is 7.82. The zero-order valence-electron chi connectivity index (χ0n) is 7.82. The Balaban J connectivity index is 2.82. The standard InChI is InChI=1S/C7H12BN3O3/c1-3-5(10-11-9)6(13)4(2-12)14-7(3)8/h3-7,12-13H,2H2,1H3/t3-,4?,5?,6+,7?/m0/s1. The molecule has 7 heteroatoms. The van der Waals surface area contributed by atoms with E-state index in [1.54, 1.807) is 6.92 Å². The van der Waals surface area contributed by atoms with Crippen LogP contribution in [0.15, 0.2) is 5.11 Å². The number of hydrogen-bond donors (Lipinski definition) is 2. The third kappa shape index (κ3) is 2.01. The van der Waals surface area contributed by atoms with Crippen LogP contribution < -0.4 is 0 Å². The second-order valence-corrected chi connectivity index (χ2v) is 3.37. The first-order valence-electron chi connectivity index (χ1n) is 4.36. The maximum absolute atomic E-state index is 9.64. The molecule has 0 bridgehead atoms. The van der Waals surface area contributed by atoms with Crippen LogP contribution in [0.3, 0.4) is 0 Å². The molecule has 0 aromatic heterocycles. The van der Waals surface area contributed by atoms with E-state index in [4.69, 9.17) is 23.2 Å². The van der Waals surface area contributed by atoms with E-state index in [9.17, 15) is 5.11 Å². The Kier molecular flexibility index (Phi) is 3.77. The van der Waals surface area contributed by atoms with Crippen LogP contribution in [0.25, 0.3) is 10.4 Å². The predicted octanol–water partition coefficient (Wildman–Crippen LogP) is -0.452. The number of azide groups is 1. The molecular formula is C7H12BN3O3. The fourth-order valence-electron chi connectivity index (χ4n) is 1.52. The van der Waals surface area contributed by atoms with Crippen molar-refractivity contribution in [3.05, 3.63) is 10.4 Å². The van der Waals surface area contributed by atoms with E-state index in [1.807, 2.05) is 0 Å². The van der Waals surface area contributed by atoms with Crippen LogP contribution >= 0.6 is 0 Å². The maximum atomic E-state index is 9.64. The van der Waals surface area contributed by atoms with Gasteiger partial charge in [-0.25, -0.2) is 0 Å². The molecule has 1 rings (SSSR count). The first-order valence-corrected chi connectivity index (χ1v) is 4.36. The summed E-state index contributed by atoms with van der Waals surface area (Å²) in [6, 6.07) is -1.29. The van der Waals surface area contributed by atoms with Crippen LogP contribution in [-0.2, 0) is 4.74 Å². The van der Waals surface area contributed by atoms with Gasteiger partial charge in [-0.15, -0.1) is 0 Å². The van der Waals surface area contributed by atoms with Crippen LogP contribution in [0.2, 0.25) is 0 Å². The Labute approximate surface area is 82.9 Å². The van der Waals surface area contributed by atoms with Crippen molar-refractivity contribution >= 4 is 7.85 Å². The summed E-state index contributed by atoms with van der Waals surface area (Å²) in [5.41, 5.74) is 8.30. The van der Waals surface area contributed by atoms with Gasteiger partial charge in [-0.05, 0) is 11.4 Å². The highest BCUT2D eigenvalue weighted by molar-refractivity contribution is 6.11. The Bertz CT molecular complexity index is 246. The molecule has 0 aromatic carbocycles. The van der Waals surface area contributed by atoms with Crippen LogP contribution in [0, 0.1) is 5.92 Å². The van der Waals surface area contributed by atoms with Crippen molar-refractivity contribution in [2.75, 3.05) is 6.61 Å². The lowest BCUT2D eigenvalue weighted by Crippen LogP contribution is -2.54. The number of ether oxygens (including phenoxy) is 1. The Morgan fingerprint density at radius 3 is 2.79 bits per heavy atom. The van der Waals surface area contributed by atoms with E-state index >= 15 is 0 Å². The maximum Gasteiger partial charge on any atom is 0.109 e. The number of nitrogens with zero attached hydrogens (tertiary/aromatic N) is 3. The van der Waals surface area contributed by atoms with Gasteiger partial charge in [0.25, 0.3) is 0 Å². The minimum absolute atomic E-state index is 0.274. The predicted molar refractivity (Wildman–Crippen MR) is 49.6 cm³/mol. The van der Waals surface area contributed by atoms with E-state index in [2.05, 4.69) is 10.0 Å². The molecule has 1 aliphatic rings. The number of hydrogen-bond acceptors (Lipinski definition) is 4. The minimum atomic E-state index is -1.01. The van der Waals surface area contributed by atoms with Crippen molar-refractivity contribution in [1.82, 2.24) is 0 Å². The van der Waals surface area contributed by atoms with Crippen LogP contribution in [0.5, 0.6) is 0 Å². The fraction of sp³-hybridized carbons (Fsp3) is 1.00. The molecular weight excluding hydrogens is 185 g/mol. The molecule has 6 nitrogen and oxygen atoms in total. The molecule has 1 saturated heterocycles. The van der Waals surface area contributed by atoms with Gasteiger partial charge in [-0.2, -0.15) is 0 Å². The highest BCUT2D eigenvalue weighted by Gasteiger charge is 2.39. The second-order valence-electron chi connectivity index (χ2n) is 3.37. The summed E-state index contributed by atoms with van der Waals surface area (Å²) in [5, 5.41) is 22.0. The van der Waals surface area contributed by atoms with Gasteiger partial charge < -0.3 is 14.9 Å². The quantitative estimate of drug-likeness (QED) is 0.271. The van der Waals surface area contributed by atoms with E-state index < -0.39 is 24.3 Å². The molecule has 1 heterocycles. The molecule has 14 heavy (non-hydrogen) atoms. The summed E-state index contributed by atoms with van der Waals surface area (Å²) in [6.45, 7) is 1.37. The van der Waals surface area contributed by atoms with Gasteiger partial charge in [0.15, 0.2) is 0 Å². The van der Waals surface area contributed by atoms with Crippen molar-refractivity contribution in [2.45, 2.75) is 31.2 Å². The Morgan fingerprint density at radius 2 is 2.29 bits per heavy atom. The SMILES string of the molecule is [B]C1OC(CO)[C@@H](O)C(N=[N+]=[N-])[C@@H]1C. The Hall–Kier alpha value is -0.745. The van der Waals surface area contributed by atoms with Crippen molar-refractivity contribution in [3.63, 3.8) is 0 Å². The normalized spacial score (nSPS) is 42.9. The smallest absolute Gasteiger partial charge is 0.109 e. The summed E-state index contributed by atoms with van der Waals surface area (Å²) in [5.74, 6) is -0.274. The Morgan fingerprint density at radius 1 is 1.64 bits per heavy atom. The van der Waals surface area contributed by atoms with E-state index in [0.717, 1.165) is 0 Å². The van der Waals surface area contributed by atoms with Crippen molar-refractivity contribution < 1.29 is 14.9 Å². The van der Waals surface area contributed by atoms with Crippen LogP contribution in [0.4, 0.5) is 0 Å². The molecule has 1 aliphatic heterocycles. The van der Waals surface area contributed by atoms with E-state index in [1.165, 1.54) is 0 Å². The summed E-state index contributed by atoms with van der Waals surface area (Å²) in [6.07, 6.45) is -1.79. The van der Waals surface area contributed by atoms with Gasteiger partial charge in [0.2, 0.25) is 0 Å². The van der Waals surface area contributed by atoms with Gasteiger partial charge >= 0.3 is 0 Å². The minimum Gasteiger partial charge on any atom is -0.394 e. The third-order valence-electron chi connectivity index (χ3n) is 2.48. The van der Waals surface area contributed by atoms with Crippen molar-refractivity contribution in [3.8, 4) is 0 Å². The summed E-state index contributed by atoms with van der Waals surface area (Å²) in [4.78, 5) is 2.64. The molecule has 0 spiro atoms. The molecule has 0 aliphatic carbocycles. The number of aliphatic hydroxyl groups excluding tert-OH is 2. The molecule has 0 saturated carbocycles. The van der Waals surface area contributed by atoms with Gasteiger partial charge in [-0.3, -0.25) is 0 Å². The molecule has 0 aromatic rings. The lowest BCUT2D eigenvalue weighted by molar-refractivity contribution is -0.138. The van der Waals surface area contributed by atoms with Gasteiger partial charge in [0, 0.05) is 10.9 Å². The van der Waals surface area contributed by atoms with Crippen LogP contribution in [0.1, 0.15) is 6.92 Å². The second kappa shape index (κ2) is 4.66. The molecule has 5 atom stereocenters. The summed E-state index contributed by atoms with van der Waals surface area (Å²) < 4.78 is 5.13. The number of aliphatic hydroxyl groups is 2. The first kappa shape index (κ1) is 11.3. The van der Waals surface area contributed by atoms with Gasteiger partial charge in [-0.1, -0.05) is 12.0 Å². The third-order valence-corrected chi connectivity index (χ3v) is 2.48. The molecule has 3 unspecified atom stereocenters. The van der Waals surface area contributed by atoms with Gasteiger partial charge in [0.05, 0.1) is 18.8 Å². The summed E-state index contributed by atoms with van der Waals surface area (Å²) >= 11 is 0. The molecule has 2 radical (unpaired) electrons. The van der Waals surface area contributed by atoms with E-state index in [0.29, 0.717) is 0 Å². The molecule has 0 amide bonds. The molecule has 76 valence electrons. The summed E-state index contributed by atoms with van der Waals surface area (Å²) in [7, 11) is 5.60. The van der Waals surface area contributed by atoms with Crippen LogP contribution in [-0.4, -0.2) is 48.9 Å². The molecule has 1 fully saturated rings. The van der Waals surface area contributed by atoms with Gasteiger partial charge in [0.1, 0.15) is 14.0 Å². The molecule has 2 N–H and O–H groups in total. The van der Waals surface area contributed by atoms with E-state index in [-0.39, 0.29) is 12.5 Å². The first-order chi connectivity index (χ1) is 6.61. The highest BCUT2D eigenvalue weighted by Crippen LogP contribution is 2.26. The number of rotatable bonds is 2. The zero-order chi connectivity index (χ0) is 10.7. The highest BCUT2D eigenvalue weighted by atomic mass is 16.5. The monoisotopic (exact) mass is 197 g/mol. The largest absolute Gasteiger partial charge is 0.394 e. The fourth-order valence-corrected chi connectivity index (χ4v) is 1.52. The lowest BCUT2D eigenvalue weighted by Gasteiger charge is -2.40. The van der Waals surface area contributed by atoms with Crippen molar-refractivity contribution in [1.29, 1.82) is 0 Å². The average Bonchev–Trinajstić information content (AvgIpc) is 2.18. The lowest BCUT2D eigenvalue weighted by atomic mass is 9.78. The van der Waals surface area contributed by atoms with Crippen molar-refractivity contribution in [2.24, 2.45) is 11.0 Å². The average molecular weight is 197 g/mol.